The molecule has 132 valence electrons. The van der Waals surface area contributed by atoms with E-state index in [-0.39, 0.29) is 17.3 Å². The Morgan fingerprint density at radius 2 is 1.76 bits per heavy atom. The van der Waals surface area contributed by atoms with Gasteiger partial charge in [-0.25, -0.2) is 13.4 Å². The van der Waals surface area contributed by atoms with Gasteiger partial charge in [0.25, 0.3) is 0 Å². The molecule has 0 radical (unpaired) electrons. The number of nitrogens with two attached hydrogens (primary N) is 1. The van der Waals surface area contributed by atoms with Crippen LogP contribution in [0.1, 0.15) is 11.4 Å². The van der Waals surface area contributed by atoms with Gasteiger partial charge in [0.2, 0.25) is 15.0 Å². The van der Waals surface area contributed by atoms with Gasteiger partial charge >= 0.3 is 0 Å². The highest BCUT2D eigenvalue weighted by Crippen LogP contribution is 2.17. The molecular formula is C16H18N4O4S. The molecule has 0 aliphatic carbocycles. The number of sulfone groups is 1. The highest BCUT2D eigenvalue weighted by molar-refractivity contribution is 7.90. The van der Waals surface area contributed by atoms with Gasteiger partial charge < -0.3 is 20.9 Å². The summed E-state index contributed by atoms with van der Waals surface area (Å²) in [6.07, 6.45) is -1.54. The van der Waals surface area contributed by atoms with Crippen LogP contribution in [0, 0.1) is 0 Å². The molecule has 0 aliphatic heterocycles. The number of H-pyrrole nitrogens is 1. The zero-order chi connectivity index (χ0) is 18.0. The number of aromatic amines is 1. The number of aliphatic hydroxyl groups excluding tert-OH is 1. The van der Waals surface area contributed by atoms with Gasteiger partial charge in [-0.3, -0.25) is 4.98 Å². The first kappa shape index (κ1) is 17.5. The minimum atomic E-state index is -3.70. The second kappa shape index (κ2) is 6.89. The Morgan fingerprint density at radius 3 is 2.48 bits per heavy atom. The predicted octanol–water partition coefficient (Wildman–Crippen LogP) is 0.112. The molecule has 0 aliphatic rings. The van der Waals surface area contributed by atoms with E-state index in [1.807, 2.05) is 0 Å². The number of nitrogens with zero attached hydrogens (tertiary/aromatic N) is 2. The quantitative estimate of drug-likeness (QED) is 0.456. The molecule has 0 bridgehead atoms. The van der Waals surface area contributed by atoms with E-state index in [2.05, 4.69) is 15.0 Å². The monoisotopic (exact) mass is 362 g/mol. The summed E-state index contributed by atoms with van der Waals surface area (Å²) >= 11 is 0. The zero-order valence-corrected chi connectivity index (χ0v) is 14.0. The summed E-state index contributed by atoms with van der Waals surface area (Å²) in [6.45, 7) is 0. The van der Waals surface area contributed by atoms with Crippen LogP contribution in [0.25, 0.3) is 11.0 Å². The molecule has 0 saturated heterocycles. The fourth-order valence-electron chi connectivity index (χ4n) is 2.41. The summed E-state index contributed by atoms with van der Waals surface area (Å²) < 4.78 is 25.1. The minimum Gasteiger partial charge on any atom is -0.367 e. The topological polar surface area (TPSA) is 142 Å². The summed E-state index contributed by atoms with van der Waals surface area (Å²) in [4.78, 5) is 11.2. The highest BCUT2D eigenvalue weighted by Gasteiger charge is 2.21. The van der Waals surface area contributed by atoms with Crippen molar-refractivity contribution in [2.45, 2.75) is 29.7 Å². The number of pyridine rings is 1. The molecule has 9 heteroatoms. The van der Waals surface area contributed by atoms with E-state index in [0.717, 1.165) is 0 Å². The lowest BCUT2D eigenvalue weighted by molar-refractivity contribution is -0.0579. The molecule has 25 heavy (non-hydrogen) atoms. The summed E-state index contributed by atoms with van der Waals surface area (Å²) in [5.74, 6) is -0.322. The van der Waals surface area contributed by atoms with Crippen LogP contribution < -0.4 is 5.73 Å². The van der Waals surface area contributed by atoms with Crippen molar-refractivity contribution in [3.05, 3.63) is 53.9 Å². The number of rotatable bonds is 6. The van der Waals surface area contributed by atoms with Gasteiger partial charge in [-0.1, -0.05) is 18.2 Å². The molecule has 1 atom stereocenters. The molecule has 0 amide bonds. The zero-order valence-electron chi connectivity index (χ0n) is 13.2. The van der Waals surface area contributed by atoms with Crippen molar-refractivity contribution in [1.29, 1.82) is 0 Å². The molecule has 2 aromatic heterocycles. The fourth-order valence-corrected chi connectivity index (χ4v) is 3.60. The van der Waals surface area contributed by atoms with Crippen molar-refractivity contribution in [1.82, 2.24) is 15.0 Å². The minimum absolute atomic E-state index is 0.108. The van der Waals surface area contributed by atoms with Crippen molar-refractivity contribution in [2.24, 2.45) is 5.73 Å². The molecule has 3 aromatic rings. The number of nitrogens with one attached hydrogen (secondary N) is 1. The molecule has 3 rings (SSSR count). The molecule has 0 spiro atoms. The maximum atomic E-state index is 12.6. The molecule has 0 fully saturated rings. The number of imidazole rings is 1. The van der Waals surface area contributed by atoms with Crippen LogP contribution in [0.15, 0.2) is 47.6 Å². The Kier molecular flexibility index (Phi) is 4.82. The molecule has 2 heterocycles. The van der Waals surface area contributed by atoms with E-state index >= 15 is 0 Å². The standard InChI is InChI=1S/C16H18N4O4S/c17-12(15(21)22)8-10-4-3-5-11(18-10)9-25(23,24)16-19-13-6-1-2-7-14(13)20-16/h1-7,12,15,21-22H,8-9,17H2,(H,19,20)/t12-/m0/s1. The third-order valence-electron chi connectivity index (χ3n) is 3.69. The molecule has 0 unspecified atom stereocenters. The van der Waals surface area contributed by atoms with Gasteiger partial charge in [0.15, 0.2) is 6.29 Å². The molecule has 8 nitrogen and oxygen atoms in total. The number of aromatic nitrogens is 3. The third kappa shape index (κ3) is 4.02. The smallest absolute Gasteiger partial charge is 0.226 e. The molecule has 1 aromatic carbocycles. The second-order valence-electron chi connectivity index (χ2n) is 5.72. The second-order valence-corrected chi connectivity index (χ2v) is 7.62. The first-order valence-electron chi connectivity index (χ1n) is 7.59. The van der Waals surface area contributed by atoms with Crippen LogP contribution in [0.4, 0.5) is 0 Å². The van der Waals surface area contributed by atoms with E-state index in [9.17, 15) is 8.42 Å². The molecular weight excluding hydrogens is 344 g/mol. The van der Waals surface area contributed by atoms with Crippen molar-refractivity contribution in [3.63, 3.8) is 0 Å². The Bertz CT molecular complexity index is 951. The largest absolute Gasteiger partial charge is 0.367 e. The van der Waals surface area contributed by atoms with Crippen LogP contribution >= 0.6 is 0 Å². The number of fused-ring (bicyclic) bond motifs is 1. The van der Waals surface area contributed by atoms with Gasteiger partial charge in [0, 0.05) is 12.1 Å². The summed E-state index contributed by atoms with van der Waals surface area (Å²) in [6, 6.07) is 11.1. The lowest BCUT2D eigenvalue weighted by Gasteiger charge is -2.13. The van der Waals surface area contributed by atoms with E-state index in [4.69, 9.17) is 15.9 Å². The first-order chi connectivity index (χ1) is 11.8. The van der Waals surface area contributed by atoms with Crippen molar-refractivity contribution < 1.29 is 18.6 Å². The first-order valence-corrected chi connectivity index (χ1v) is 9.24. The Labute approximate surface area is 144 Å². The van der Waals surface area contributed by atoms with Gasteiger partial charge in [0.1, 0.15) is 5.75 Å². The number of para-hydroxylation sites is 2. The van der Waals surface area contributed by atoms with Gasteiger partial charge in [-0.05, 0) is 24.3 Å². The average molecular weight is 362 g/mol. The summed E-state index contributed by atoms with van der Waals surface area (Å²) in [5, 5.41) is 18.0. The number of hydrogen-bond donors (Lipinski definition) is 4. The Hall–Kier alpha value is -2.33. The lowest BCUT2D eigenvalue weighted by atomic mass is 10.1. The van der Waals surface area contributed by atoms with Crippen LogP contribution in [0.3, 0.4) is 0 Å². The molecule has 5 N–H and O–H groups in total. The van der Waals surface area contributed by atoms with Gasteiger partial charge in [0.05, 0.1) is 22.8 Å². The van der Waals surface area contributed by atoms with Crippen LogP contribution in [0.2, 0.25) is 0 Å². The maximum Gasteiger partial charge on any atom is 0.226 e. The van der Waals surface area contributed by atoms with E-state index < -0.39 is 22.2 Å². The average Bonchev–Trinajstić information content (AvgIpc) is 2.99. The highest BCUT2D eigenvalue weighted by atomic mass is 32.2. The van der Waals surface area contributed by atoms with Crippen molar-refractivity contribution in [3.8, 4) is 0 Å². The van der Waals surface area contributed by atoms with Gasteiger partial charge in [-0.15, -0.1) is 0 Å². The maximum absolute atomic E-state index is 12.6. The summed E-state index contributed by atoms with van der Waals surface area (Å²) in [5.41, 5.74) is 7.62. The van der Waals surface area contributed by atoms with Crippen LogP contribution in [-0.4, -0.2) is 45.9 Å². The predicted molar refractivity (Wildman–Crippen MR) is 91.1 cm³/mol. The molecule has 0 saturated carbocycles. The summed E-state index contributed by atoms with van der Waals surface area (Å²) in [7, 11) is -3.70. The van der Waals surface area contributed by atoms with E-state index in [1.54, 1.807) is 42.5 Å². The fraction of sp³-hybridized carbons (Fsp3) is 0.250. The van der Waals surface area contributed by atoms with Crippen LogP contribution in [0.5, 0.6) is 0 Å². The number of aliphatic hydroxyl groups is 2. The Morgan fingerprint density at radius 1 is 1.04 bits per heavy atom. The van der Waals surface area contributed by atoms with Gasteiger partial charge in [-0.2, -0.15) is 0 Å². The SMILES string of the molecule is N[C@@H](Cc1cccc(CS(=O)(=O)c2nc3ccccc3[nH]2)n1)C(O)O. The third-order valence-corrected chi connectivity index (χ3v) is 5.15. The Balaban J connectivity index is 1.83. The van der Waals surface area contributed by atoms with E-state index in [1.165, 1.54) is 0 Å². The van der Waals surface area contributed by atoms with E-state index in [0.29, 0.717) is 22.4 Å². The van der Waals surface area contributed by atoms with Crippen LogP contribution in [-0.2, 0) is 22.0 Å². The van der Waals surface area contributed by atoms with Crippen molar-refractivity contribution >= 4 is 20.9 Å². The normalized spacial score (nSPS) is 13.4. The lowest BCUT2D eigenvalue weighted by Crippen LogP contribution is -2.36. The van der Waals surface area contributed by atoms with Crippen molar-refractivity contribution in [2.75, 3.05) is 0 Å². The number of hydrogen-bond acceptors (Lipinski definition) is 7. The number of benzene rings is 1.